The van der Waals surface area contributed by atoms with Gasteiger partial charge in [-0.25, -0.2) is 8.42 Å². The van der Waals surface area contributed by atoms with Gasteiger partial charge in [0.15, 0.2) is 0 Å². The number of nitrogens with zero attached hydrogens (tertiary/aromatic N) is 2. The molecule has 0 bridgehead atoms. The van der Waals surface area contributed by atoms with Crippen LogP contribution >= 0.6 is 27.5 Å². The quantitative estimate of drug-likeness (QED) is 0.402. The Morgan fingerprint density at radius 2 is 1.81 bits per heavy atom. The maximum atomic E-state index is 13.4. The van der Waals surface area contributed by atoms with Crippen LogP contribution in [0.25, 0.3) is 0 Å². The van der Waals surface area contributed by atoms with E-state index >= 15 is 0 Å². The minimum Gasteiger partial charge on any atom is -0.350 e. The summed E-state index contributed by atoms with van der Waals surface area (Å²) in [6.45, 7) is 9.53. The number of amides is 2. The van der Waals surface area contributed by atoms with Crippen LogP contribution < -0.4 is 9.62 Å². The van der Waals surface area contributed by atoms with Gasteiger partial charge in [0, 0.05) is 34.5 Å². The molecule has 0 aromatic heterocycles. The number of carbonyl (C=O) groups excluding carboxylic acids is 2. The van der Waals surface area contributed by atoms with Crippen molar-refractivity contribution in [1.29, 1.82) is 0 Å². The molecule has 0 aliphatic carbocycles. The first kappa shape index (κ1) is 30.1. The number of hydrogen-bond donors (Lipinski definition) is 1. The smallest absolute Gasteiger partial charge is 0.242 e. The number of carbonyl (C=O) groups is 2. The van der Waals surface area contributed by atoms with Crippen LogP contribution in [0.2, 0.25) is 5.02 Å². The first-order valence-electron chi connectivity index (χ1n) is 11.7. The summed E-state index contributed by atoms with van der Waals surface area (Å²) in [5.41, 5.74) is 1.68. The summed E-state index contributed by atoms with van der Waals surface area (Å²) in [5.74, 6) is -0.485. The van der Waals surface area contributed by atoms with Crippen molar-refractivity contribution >= 4 is 55.1 Å². The molecule has 198 valence electrons. The van der Waals surface area contributed by atoms with E-state index in [4.69, 9.17) is 11.6 Å². The Morgan fingerprint density at radius 1 is 1.14 bits per heavy atom. The summed E-state index contributed by atoms with van der Waals surface area (Å²) in [4.78, 5) is 27.8. The molecule has 2 rings (SSSR count). The number of rotatable bonds is 10. The molecule has 0 aliphatic rings. The zero-order valence-corrected chi connectivity index (χ0v) is 24.8. The van der Waals surface area contributed by atoms with E-state index in [1.165, 1.54) is 9.21 Å². The van der Waals surface area contributed by atoms with E-state index in [0.717, 1.165) is 21.9 Å². The first-order chi connectivity index (χ1) is 16.6. The average molecular weight is 601 g/mol. The van der Waals surface area contributed by atoms with Gasteiger partial charge in [0.05, 0.1) is 11.9 Å². The van der Waals surface area contributed by atoms with Crippen molar-refractivity contribution in [2.75, 3.05) is 17.1 Å². The lowest BCUT2D eigenvalue weighted by molar-refractivity contribution is -0.141. The van der Waals surface area contributed by atoms with Crippen LogP contribution in [0.4, 0.5) is 5.69 Å². The van der Waals surface area contributed by atoms with Crippen molar-refractivity contribution in [1.82, 2.24) is 10.2 Å². The monoisotopic (exact) mass is 599 g/mol. The Kier molecular flexibility index (Phi) is 10.4. The fourth-order valence-corrected chi connectivity index (χ4v) is 5.35. The molecule has 2 aromatic carbocycles. The highest BCUT2D eigenvalue weighted by molar-refractivity contribution is 9.10. The predicted molar refractivity (Wildman–Crippen MR) is 150 cm³/mol. The van der Waals surface area contributed by atoms with Crippen molar-refractivity contribution < 1.29 is 18.0 Å². The third kappa shape index (κ3) is 9.09. The third-order valence-electron chi connectivity index (χ3n) is 5.50. The van der Waals surface area contributed by atoms with Gasteiger partial charge < -0.3 is 10.2 Å². The Balaban J connectivity index is 2.23. The second-order valence-electron chi connectivity index (χ2n) is 9.94. The molecule has 0 heterocycles. The molecule has 0 radical (unpaired) electrons. The van der Waals surface area contributed by atoms with Crippen LogP contribution in [0.1, 0.15) is 51.7 Å². The number of aryl methyl sites for hydroxylation is 1. The molecule has 7 nitrogen and oxygen atoms in total. The average Bonchev–Trinajstić information content (AvgIpc) is 2.74. The largest absolute Gasteiger partial charge is 0.350 e. The molecule has 0 fully saturated rings. The van der Waals surface area contributed by atoms with Crippen molar-refractivity contribution in [2.24, 2.45) is 0 Å². The van der Waals surface area contributed by atoms with E-state index in [1.54, 1.807) is 25.1 Å². The number of benzene rings is 2. The maximum Gasteiger partial charge on any atom is 0.242 e. The zero-order valence-electron chi connectivity index (χ0n) is 21.6. The maximum absolute atomic E-state index is 13.4. The van der Waals surface area contributed by atoms with E-state index in [0.29, 0.717) is 10.7 Å². The molecule has 0 aliphatic heterocycles. The Bertz CT molecular complexity index is 1200. The number of hydrogen-bond acceptors (Lipinski definition) is 4. The molecule has 0 spiro atoms. The van der Waals surface area contributed by atoms with Gasteiger partial charge >= 0.3 is 0 Å². The molecule has 36 heavy (non-hydrogen) atoms. The van der Waals surface area contributed by atoms with Crippen molar-refractivity contribution in [3.8, 4) is 0 Å². The minimum absolute atomic E-state index is 0.0762. The molecule has 2 aromatic rings. The lowest BCUT2D eigenvalue weighted by atomic mass is 10.1. The Labute approximate surface area is 228 Å². The normalized spacial score (nSPS) is 12.7. The molecule has 10 heteroatoms. The van der Waals surface area contributed by atoms with Crippen molar-refractivity contribution in [3.05, 3.63) is 63.1 Å². The van der Waals surface area contributed by atoms with Crippen LogP contribution in [0.5, 0.6) is 0 Å². The standard InChI is InChI=1S/C26H35BrClN3O4S/c1-18-12-13-22(28)16-23(18)31(36(6,34)35)14-8-11-24(32)30(17-20-9-7-10-21(27)15-20)19(2)25(33)29-26(3,4)5/h7,9-10,12-13,15-16,19H,8,11,14,17H2,1-6H3,(H,29,33)/t19-/m1/s1. The lowest BCUT2D eigenvalue weighted by Crippen LogP contribution is -2.52. The van der Waals surface area contributed by atoms with Gasteiger partial charge in [-0.3, -0.25) is 13.9 Å². The van der Waals surface area contributed by atoms with Crippen LogP contribution in [0.3, 0.4) is 0 Å². The second kappa shape index (κ2) is 12.4. The van der Waals surface area contributed by atoms with Crippen molar-refractivity contribution in [2.45, 2.75) is 65.6 Å². The number of sulfonamides is 1. The molecule has 1 atom stereocenters. The zero-order chi connectivity index (χ0) is 27.3. The highest BCUT2D eigenvalue weighted by Crippen LogP contribution is 2.27. The summed E-state index contributed by atoms with van der Waals surface area (Å²) in [7, 11) is -3.60. The van der Waals surface area contributed by atoms with Gasteiger partial charge in [0.2, 0.25) is 21.8 Å². The van der Waals surface area contributed by atoms with Crippen LogP contribution in [0.15, 0.2) is 46.9 Å². The Hall–Kier alpha value is -2.10. The second-order valence-corrected chi connectivity index (χ2v) is 13.2. The first-order valence-corrected chi connectivity index (χ1v) is 14.7. The number of nitrogens with one attached hydrogen (secondary N) is 1. The lowest BCUT2D eigenvalue weighted by Gasteiger charge is -2.32. The number of halogens is 2. The molecular weight excluding hydrogens is 566 g/mol. The predicted octanol–water partition coefficient (Wildman–Crippen LogP) is 5.29. The van der Waals surface area contributed by atoms with Crippen LogP contribution in [-0.2, 0) is 26.2 Å². The topological polar surface area (TPSA) is 86.8 Å². The van der Waals surface area contributed by atoms with Gasteiger partial charge in [-0.1, -0.05) is 45.7 Å². The molecule has 0 saturated carbocycles. The molecular formula is C26H35BrClN3O4S. The van der Waals surface area contributed by atoms with E-state index in [1.807, 2.05) is 52.0 Å². The third-order valence-corrected chi connectivity index (χ3v) is 7.41. The number of anilines is 1. The molecule has 0 unspecified atom stereocenters. The van der Waals surface area contributed by atoms with Crippen LogP contribution in [0, 0.1) is 6.92 Å². The van der Waals surface area contributed by atoms with Crippen LogP contribution in [-0.4, -0.2) is 49.5 Å². The SMILES string of the molecule is Cc1ccc(Cl)cc1N(CCCC(=O)N(Cc1cccc(Br)c1)[C@H](C)C(=O)NC(C)(C)C)S(C)(=O)=O. The van der Waals surface area contributed by atoms with Gasteiger partial charge in [0.1, 0.15) is 6.04 Å². The highest BCUT2D eigenvalue weighted by atomic mass is 79.9. The van der Waals surface area contributed by atoms with E-state index in [-0.39, 0.29) is 37.7 Å². The minimum atomic E-state index is -3.60. The van der Waals surface area contributed by atoms with Crippen molar-refractivity contribution in [3.63, 3.8) is 0 Å². The summed E-state index contributed by atoms with van der Waals surface area (Å²) >= 11 is 9.56. The molecule has 1 N–H and O–H groups in total. The summed E-state index contributed by atoms with van der Waals surface area (Å²) in [5, 5.41) is 3.37. The van der Waals surface area contributed by atoms with E-state index in [2.05, 4.69) is 21.2 Å². The van der Waals surface area contributed by atoms with Gasteiger partial charge in [0.25, 0.3) is 0 Å². The Morgan fingerprint density at radius 3 is 2.39 bits per heavy atom. The van der Waals surface area contributed by atoms with E-state index in [9.17, 15) is 18.0 Å². The molecule has 2 amide bonds. The summed E-state index contributed by atoms with van der Waals surface area (Å²) in [6.07, 6.45) is 1.49. The van der Waals surface area contributed by atoms with E-state index < -0.39 is 21.6 Å². The van der Waals surface area contributed by atoms with Gasteiger partial charge in [-0.05, 0) is 76.4 Å². The summed E-state index contributed by atoms with van der Waals surface area (Å²) < 4.78 is 27.2. The fraction of sp³-hybridized carbons (Fsp3) is 0.462. The van der Waals surface area contributed by atoms with Gasteiger partial charge in [-0.2, -0.15) is 0 Å². The highest BCUT2D eigenvalue weighted by Gasteiger charge is 2.29. The van der Waals surface area contributed by atoms with Gasteiger partial charge in [-0.15, -0.1) is 0 Å². The fourth-order valence-electron chi connectivity index (χ4n) is 3.72. The molecule has 0 saturated heterocycles. The summed E-state index contributed by atoms with van der Waals surface area (Å²) in [6, 6.07) is 11.9.